The number of likely N-dealkylation sites (tertiary alicyclic amines) is 1. The molecule has 0 bridgehead atoms. The minimum atomic E-state index is 0.116. The number of aromatic amines is 1. The van der Waals surface area contributed by atoms with Crippen LogP contribution in [0.2, 0.25) is 0 Å². The van der Waals surface area contributed by atoms with Gasteiger partial charge in [-0.05, 0) is 38.7 Å². The molecule has 2 aliphatic rings. The van der Waals surface area contributed by atoms with Crippen LogP contribution in [0.3, 0.4) is 0 Å². The fraction of sp³-hybridized carbons (Fsp3) is 0.611. The van der Waals surface area contributed by atoms with Crippen LogP contribution in [-0.2, 0) is 24.7 Å². The number of rotatable bonds is 2. The summed E-state index contributed by atoms with van der Waals surface area (Å²) >= 11 is 0. The van der Waals surface area contributed by atoms with Crippen LogP contribution in [-0.4, -0.2) is 43.6 Å². The minimum Gasteiger partial charge on any atom is -0.346 e. The van der Waals surface area contributed by atoms with Crippen LogP contribution in [0.25, 0.3) is 0 Å². The van der Waals surface area contributed by atoms with Gasteiger partial charge in [0, 0.05) is 56.0 Å². The standard InChI is InChI=1S/C18H25N5O/c1-12-20-15-4-3-14(11-16(15)21-12)18(24)23-9-6-13(7-10-23)17-5-8-19-22(17)2/h5,8,13-14H,3-4,6-7,9-11H2,1-2H3,(H,20,21)/t14-/m1/s1. The summed E-state index contributed by atoms with van der Waals surface area (Å²) in [4.78, 5) is 22.8. The number of amides is 1. The third-order valence-electron chi connectivity index (χ3n) is 5.60. The molecular formula is C18H25N5O. The van der Waals surface area contributed by atoms with E-state index in [0.717, 1.165) is 56.7 Å². The zero-order valence-electron chi connectivity index (χ0n) is 14.5. The Kier molecular flexibility index (Phi) is 3.90. The Hall–Kier alpha value is -2.11. The molecule has 0 saturated carbocycles. The van der Waals surface area contributed by atoms with Crippen LogP contribution in [0, 0.1) is 12.8 Å². The van der Waals surface area contributed by atoms with Gasteiger partial charge >= 0.3 is 0 Å². The lowest BCUT2D eigenvalue weighted by Gasteiger charge is -2.35. The van der Waals surface area contributed by atoms with Crippen LogP contribution in [0.5, 0.6) is 0 Å². The van der Waals surface area contributed by atoms with Crippen LogP contribution in [0.4, 0.5) is 0 Å². The summed E-state index contributed by atoms with van der Waals surface area (Å²) < 4.78 is 1.96. The van der Waals surface area contributed by atoms with Crippen molar-refractivity contribution in [3.8, 4) is 0 Å². The number of fused-ring (bicyclic) bond motifs is 1. The second kappa shape index (κ2) is 6.07. The predicted molar refractivity (Wildman–Crippen MR) is 90.6 cm³/mol. The normalized spacial score (nSPS) is 21.8. The number of nitrogens with one attached hydrogen (secondary N) is 1. The van der Waals surface area contributed by atoms with Crippen LogP contribution < -0.4 is 0 Å². The molecule has 1 aliphatic heterocycles. The van der Waals surface area contributed by atoms with Crippen molar-refractivity contribution in [2.75, 3.05) is 13.1 Å². The topological polar surface area (TPSA) is 66.8 Å². The van der Waals surface area contributed by atoms with Gasteiger partial charge in [-0.2, -0.15) is 5.10 Å². The molecule has 0 unspecified atom stereocenters. The molecule has 1 atom stereocenters. The van der Waals surface area contributed by atoms with Gasteiger partial charge in [-0.25, -0.2) is 4.98 Å². The number of nitrogens with zero attached hydrogens (tertiary/aromatic N) is 4. The molecule has 0 spiro atoms. The Labute approximate surface area is 142 Å². The van der Waals surface area contributed by atoms with Gasteiger partial charge in [0.05, 0.1) is 5.69 Å². The third-order valence-corrected chi connectivity index (χ3v) is 5.60. The molecule has 0 radical (unpaired) electrons. The molecule has 1 aliphatic carbocycles. The maximum absolute atomic E-state index is 12.9. The smallest absolute Gasteiger partial charge is 0.226 e. The zero-order valence-corrected chi connectivity index (χ0v) is 14.5. The first-order valence-corrected chi connectivity index (χ1v) is 8.93. The van der Waals surface area contributed by atoms with E-state index in [1.807, 2.05) is 24.9 Å². The van der Waals surface area contributed by atoms with Crippen LogP contribution >= 0.6 is 0 Å². The first-order valence-electron chi connectivity index (χ1n) is 8.93. The number of hydrogen-bond donors (Lipinski definition) is 1. The van der Waals surface area contributed by atoms with E-state index in [1.165, 1.54) is 11.4 Å². The van der Waals surface area contributed by atoms with Crippen molar-refractivity contribution < 1.29 is 4.79 Å². The second-order valence-electron chi connectivity index (χ2n) is 7.17. The number of hydrogen-bond acceptors (Lipinski definition) is 3. The molecule has 3 heterocycles. The first kappa shape index (κ1) is 15.4. The summed E-state index contributed by atoms with van der Waals surface area (Å²) in [5.41, 5.74) is 3.62. The molecule has 1 saturated heterocycles. The monoisotopic (exact) mass is 327 g/mol. The zero-order chi connectivity index (χ0) is 16.7. The Balaban J connectivity index is 1.38. The largest absolute Gasteiger partial charge is 0.346 e. The van der Waals surface area contributed by atoms with E-state index >= 15 is 0 Å². The van der Waals surface area contributed by atoms with Gasteiger partial charge in [-0.15, -0.1) is 0 Å². The van der Waals surface area contributed by atoms with Gasteiger partial charge in [0.25, 0.3) is 0 Å². The van der Waals surface area contributed by atoms with Gasteiger partial charge < -0.3 is 9.88 Å². The summed E-state index contributed by atoms with van der Waals surface area (Å²) in [5.74, 6) is 1.93. The molecule has 128 valence electrons. The van der Waals surface area contributed by atoms with E-state index in [-0.39, 0.29) is 5.92 Å². The molecule has 4 rings (SSSR count). The fourth-order valence-electron chi connectivity index (χ4n) is 4.27. The van der Waals surface area contributed by atoms with Gasteiger partial charge in [-0.3, -0.25) is 9.48 Å². The van der Waals surface area contributed by atoms with E-state index in [0.29, 0.717) is 11.8 Å². The first-order chi connectivity index (χ1) is 11.6. The Morgan fingerprint density at radius 3 is 2.79 bits per heavy atom. The lowest BCUT2D eigenvalue weighted by molar-refractivity contribution is -0.137. The maximum Gasteiger partial charge on any atom is 0.226 e. The molecule has 1 amide bonds. The number of aryl methyl sites for hydroxylation is 3. The highest BCUT2D eigenvalue weighted by Crippen LogP contribution is 2.30. The van der Waals surface area contributed by atoms with Crippen molar-refractivity contribution >= 4 is 5.91 Å². The highest BCUT2D eigenvalue weighted by Gasteiger charge is 2.32. The molecule has 0 aromatic carbocycles. The Bertz CT molecular complexity index is 738. The van der Waals surface area contributed by atoms with E-state index in [9.17, 15) is 4.79 Å². The third kappa shape index (κ3) is 2.74. The second-order valence-corrected chi connectivity index (χ2v) is 7.17. The average molecular weight is 327 g/mol. The van der Waals surface area contributed by atoms with E-state index in [4.69, 9.17) is 0 Å². The molecule has 2 aromatic rings. The lowest BCUT2D eigenvalue weighted by Crippen LogP contribution is -2.43. The average Bonchev–Trinajstić information content (AvgIpc) is 3.18. The number of piperidine rings is 1. The van der Waals surface area contributed by atoms with Crippen LogP contribution in [0.1, 0.15) is 48.1 Å². The summed E-state index contributed by atoms with van der Waals surface area (Å²) in [5, 5.41) is 4.27. The number of imidazole rings is 1. The number of H-pyrrole nitrogens is 1. The molecule has 6 nitrogen and oxygen atoms in total. The predicted octanol–water partition coefficient (Wildman–Crippen LogP) is 1.96. The number of aromatic nitrogens is 4. The summed E-state index contributed by atoms with van der Waals surface area (Å²) in [7, 11) is 2.00. The summed E-state index contributed by atoms with van der Waals surface area (Å²) in [6.07, 6.45) is 6.59. The van der Waals surface area contributed by atoms with Crippen molar-refractivity contribution in [3.63, 3.8) is 0 Å². The summed E-state index contributed by atoms with van der Waals surface area (Å²) in [6, 6.07) is 2.10. The van der Waals surface area contributed by atoms with Gasteiger partial charge in [0.15, 0.2) is 0 Å². The molecule has 1 N–H and O–H groups in total. The fourth-order valence-corrected chi connectivity index (χ4v) is 4.27. The highest BCUT2D eigenvalue weighted by molar-refractivity contribution is 5.79. The molecule has 1 fully saturated rings. The van der Waals surface area contributed by atoms with Crippen molar-refractivity contribution in [1.82, 2.24) is 24.6 Å². The van der Waals surface area contributed by atoms with E-state index < -0.39 is 0 Å². The minimum absolute atomic E-state index is 0.116. The Morgan fingerprint density at radius 1 is 1.29 bits per heavy atom. The Morgan fingerprint density at radius 2 is 2.08 bits per heavy atom. The number of carbonyl (C=O) groups excluding carboxylic acids is 1. The van der Waals surface area contributed by atoms with Gasteiger partial charge in [0.2, 0.25) is 5.91 Å². The van der Waals surface area contributed by atoms with Crippen molar-refractivity contribution in [2.24, 2.45) is 13.0 Å². The van der Waals surface area contributed by atoms with Crippen molar-refractivity contribution in [2.45, 2.75) is 44.9 Å². The molecular weight excluding hydrogens is 302 g/mol. The van der Waals surface area contributed by atoms with Gasteiger partial charge in [0.1, 0.15) is 5.82 Å². The molecule has 24 heavy (non-hydrogen) atoms. The van der Waals surface area contributed by atoms with Gasteiger partial charge in [-0.1, -0.05) is 0 Å². The SMILES string of the molecule is Cc1nc2c([nH]1)C[C@H](C(=O)N1CCC(c3ccnn3C)CC1)CC2. The lowest BCUT2D eigenvalue weighted by atomic mass is 9.87. The molecule has 6 heteroatoms. The highest BCUT2D eigenvalue weighted by atomic mass is 16.2. The van der Waals surface area contributed by atoms with E-state index in [2.05, 4.69) is 26.0 Å². The number of carbonyl (C=O) groups is 1. The quantitative estimate of drug-likeness (QED) is 0.917. The molecule has 2 aromatic heterocycles. The maximum atomic E-state index is 12.9. The summed E-state index contributed by atoms with van der Waals surface area (Å²) in [6.45, 7) is 3.71. The van der Waals surface area contributed by atoms with E-state index in [1.54, 1.807) is 0 Å². The van der Waals surface area contributed by atoms with Crippen molar-refractivity contribution in [3.05, 3.63) is 35.2 Å². The van der Waals surface area contributed by atoms with Crippen LogP contribution in [0.15, 0.2) is 12.3 Å². The van der Waals surface area contributed by atoms with Crippen molar-refractivity contribution in [1.29, 1.82) is 0 Å².